The van der Waals surface area contributed by atoms with Gasteiger partial charge in [-0.25, -0.2) is 0 Å². The second-order valence-corrected chi connectivity index (χ2v) is 3.99. The summed E-state index contributed by atoms with van der Waals surface area (Å²) in [6.45, 7) is 2.41. The summed E-state index contributed by atoms with van der Waals surface area (Å²) in [5, 5.41) is 11.1. The summed E-state index contributed by atoms with van der Waals surface area (Å²) in [4.78, 5) is 12.5. The van der Waals surface area contributed by atoms with Crippen LogP contribution >= 0.6 is 0 Å². The number of benzene rings is 1. The Hall–Kier alpha value is -1.86. The van der Waals surface area contributed by atoms with E-state index >= 15 is 0 Å². The Labute approximate surface area is 106 Å². The van der Waals surface area contributed by atoms with Gasteiger partial charge < -0.3 is 15.1 Å². The van der Waals surface area contributed by atoms with Crippen molar-refractivity contribution in [2.24, 2.45) is 5.84 Å². The van der Waals surface area contributed by atoms with E-state index in [9.17, 15) is 10.1 Å². The second-order valence-electron chi connectivity index (χ2n) is 3.99. The van der Waals surface area contributed by atoms with E-state index in [1.807, 2.05) is 6.92 Å². The van der Waals surface area contributed by atoms with Crippen molar-refractivity contribution in [1.29, 1.82) is 0 Å². The van der Waals surface area contributed by atoms with E-state index in [0.29, 0.717) is 12.3 Å². The third kappa shape index (κ3) is 2.88. The molecule has 0 radical (unpaired) electrons. The highest BCUT2D eigenvalue weighted by Crippen LogP contribution is 2.35. The molecule has 1 aromatic carbocycles. The number of nitrogen functional groups attached to an aromatic ring is 1. The Bertz CT molecular complexity index is 425. The number of nitro benzene ring substituents is 1. The van der Waals surface area contributed by atoms with Gasteiger partial charge in [-0.05, 0) is 19.1 Å². The van der Waals surface area contributed by atoms with Gasteiger partial charge in [0.15, 0.2) is 0 Å². The molecule has 0 spiro atoms. The molecule has 7 nitrogen and oxygen atoms in total. The highest BCUT2D eigenvalue weighted by Gasteiger charge is 2.24. The number of nitro groups is 1. The molecule has 1 atom stereocenters. The van der Waals surface area contributed by atoms with Gasteiger partial charge in [0.1, 0.15) is 11.4 Å². The standard InChI is InChI=1S/C11H18N4O3/c1-8(7-18-3)14(2)10-6-4-5-9(13-12)11(10)15(16)17/h4-6,8,13H,7,12H2,1-3H3. The molecule has 0 aliphatic rings. The summed E-state index contributed by atoms with van der Waals surface area (Å²) >= 11 is 0. The fraction of sp³-hybridized carbons (Fsp3) is 0.455. The van der Waals surface area contributed by atoms with Crippen LogP contribution in [0.4, 0.5) is 17.1 Å². The quantitative estimate of drug-likeness (QED) is 0.452. The number of likely N-dealkylation sites (N-methyl/N-ethyl adjacent to an activating group) is 1. The zero-order valence-corrected chi connectivity index (χ0v) is 10.7. The number of nitrogens with two attached hydrogens (primary N) is 1. The minimum Gasteiger partial charge on any atom is -0.383 e. The number of ether oxygens (including phenoxy) is 1. The number of nitrogens with one attached hydrogen (secondary N) is 1. The zero-order valence-electron chi connectivity index (χ0n) is 10.7. The van der Waals surface area contributed by atoms with Crippen molar-refractivity contribution >= 4 is 17.1 Å². The largest absolute Gasteiger partial charge is 0.383 e. The van der Waals surface area contributed by atoms with Crippen LogP contribution in [0, 0.1) is 10.1 Å². The highest BCUT2D eigenvalue weighted by molar-refractivity contribution is 5.76. The molecule has 3 N–H and O–H groups in total. The number of hydrogen-bond donors (Lipinski definition) is 2. The monoisotopic (exact) mass is 254 g/mol. The van der Waals surface area contributed by atoms with Gasteiger partial charge in [-0.15, -0.1) is 0 Å². The lowest BCUT2D eigenvalue weighted by Crippen LogP contribution is -2.33. The number of hydrazine groups is 1. The summed E-state index contributed by atoms with van der Waals surface area (Å²) in [5.41, 5.74) is 3.09. The van der Waals surface area contributed by atoms with Crippen molar-refractivity contribution in [2.45, 2.75) is 13.0 Å². The fourth-order valence-electron chi connectivity index (χ4n) is 1.71. The van der Waals surface area contributed by atoms with E-state index in [0.717, 1.165) is 0 Å². The maximum atomic E-state index is 11.1. The molecule has 0 amide bonds. The van der Waals surface area contributed by atoms with Crippen molar-refractivity contribution in [1.82, 2.24) is 0 Å². The van der Waals surface area contributed by atoms with Gasteiger partial charge in [-0.1, -0.05) is 6.07 Å². The van der Waals surface area contributed by atoms with Gasteiger partial charge in [0, 0.05) is 20.2 Å². The third-order valence-electron chi connectivity index (χ3n) is 2.80. The molecule has 0 saturated heterocycles. The van der Waals surface area contributed by atoms with Crippen LogP contribution in [-0.4, -0.2) is 31.7 Å². The van der Waals surface area contributed by atoms with Crippen molar-refractivity contribution in [3.05, 3.63) is 28.3 Å². The highest BCUT2D eigenvalue weighted by atomic mass is 16.6. The molecule has 0 aliphatic heterocycles. The number of nitrogens with zero attached hydrogens (tertiary/aromatic N) is 2. The Morgan fingerprint density at radius 2 is 2.28 bits per heavy atom. The lowest BCUT2D eigenvalue weighted by Gasteiger charge is -2.26. The summed E-state index contributed by atoms with van der Waals surface area (Å²) in [6.07, 6.45) is 0. The lowest BCUT2D eigenvalue weighted by molar-refractivity contribution is -0.383. The maximum Gasteiger partial charge on any atom is 0.316 e. The summed E-state index contributed by atoms with van der Waals surface area (Å²) in [5.74, 6) is 5.29. The number of para-hydroxylation sites is 1. The molecule has 1 aromatic rings. The third-order valence-corrected chi connectivity index (χ3v) is 2.80. The predicted molar refractivity (Wildman–Crippen MR) is 70.6 cm³/mol. The zero-order chi connectivity index (χ0) is 13.7. The molecule has 0 heterocycles. The number of anilines is 2. The first kappa shape index (κ1) is 14.2. The molecule has 0 saturated carbocycles. The van der Waals surface area contributed by atoms with E-state index in [1.165, 1.54) is 0 Å². The van der Waals surface area contributed by atoms with E-state index in [-0.39, 0.29) is 17.4 Å². The van der Waals surface area contributed by atoms with Gasteiger partial charge in [0.2, 0.25) is 0 Å². The first-order chi connectivity index (χ1) is 8.52. The van der Waals surface area contributed by atoms with Crippen LogP contribution in [0.3, 0.4) is 0 Å². The Morgan fingerprint density at radius 3 is 2.78 bits per heavy atom. The van der Waals surface area contributed by atoms with Crippen LogP contribution in [0.2, 0.25) is 0 Å². The Kier molecular flexibility index (Phi) is 4.87. The molecule has 1 unspecified atom stereocenters. The molecule has 100 valence electrons. The van der Waals surface area contributed by atoms with Crippen LogP contribution < -0.4 is 16.2 Å². The van der Waals surface area contributed by atoms with Gasteiger partial charge in [0.05, 0.1) is 11.5 Å². The maximum absolute atomic E-state index is 11.1. The Balaban J connectivity index is 3.19. The van der Waals surface area contributed by atoms with Gasteiger partial charge in [-0.2, -0.15) is 0 Å². The van der Waals surface area contributed by atoms with E-state index < -0.39 is 4.92 Å². The van der Waals surface area contributed by atoms with Crippen LogP contribution in [0.1, 0.15) is 6.92 Å². The number of rotatable bonds is 6. The van der Waals surface area contributed by atoms with Crippen LogP contribution in [0.5, 0.6) is 0 Å². The van der Waals surface area contributed by atoms with Gasteiger partial charge in [0.25, 0.3) is 0 Å². The topological polar surface area (TPSA) is 93.7 Å². The molecule has 0 fully saturated rings. The summed E-state index contributed by atoms with van der Waals surface area (Å²) in [6, 6.07) is 4.98. The normalized spacial score (nSPS) is 12.0. The molecular formula is C11H18N4O3. The average molecular weight is 254 g/mol. The van der Waals surface area contributed by atoms with Crippen molar-refractivity contribution in [3.8, 4) is 0 Å². The first-order valence-corrected chi connectivity index (χ1v) is 5.48. The van der Waals surface area contributed by atoms with Crippen molar-refractivity contribution in [3.63, 3.8) is 0 Å². The minimum absolute atomic E-state index is 0.0155. The summed E-state index contributed by atoms with van der Waals surface area (Å²) in [7, 11) is 3.38. The van der Waals surface area contributed by atoms with Gasteiger partial charge in [-0.3, -0.25) is 16.0 Å². The van der Waals surface area contributed by atoms with Crippen molar-refractivity contribution < 1.29 is 9.66 Å². The first-order valence-electron chi connectivity index (χ1n) is 5.48. The SMILES string of the molecule is COCC(C)N(C)c1cccc(NN)c1[N+](=O)[O-]. The van der Waals surface area contributed by atoms with Crippen LogP contribution in [0.25, 0.3) is 0 Å². The number of hydrogen-bond acceptors (Lipinski definition) is 6. The van der Waals surface area contributed by atoms with Crippen LogP contribution in [-0.2, 0) is 4.74 Å². The Morgan fingerprint density at radius 1 is 1.61 bits per heavy atom. The predicted octanol–water partition coefficient (Wildman–Crippen LogP) is 1.35. The van der Waals surface area contributed by atoms with Crippen LogP contribution in [0.15, 0.2) is 18.2 Å². The van der Waals surface area contributed by atoms with Gasteiger partial charge >= 0.3 is 5.69 Å². The van der Waals surface area contributed by atoms with E-state index in [2.05, 4.69) is 5.43 Å². The molecule has 18 heavy (non-hydrogen) atoms. The molecule has 0 aliphatic carbocycles. The molecular weight excluding hydrogens is 236 g/mol. The minimum atomic E-state index is -0.444. The molecule has 7 heteroatoms. The molecule has 0 bridgehead atoms. The van der Waals surface area contributed by atoms with Crippen molar-refractivity contribution in [2.75, 3.05) is 31.1 Å². The molecule has 0 aromatic heterocycles. The lowest BCUT2D eigenvalue weighted by atomic mass is 10.2. The fourth-order valence-corrected chi connectivity index (χ4v) is 1.71. The second kappa shape index (κ2) is 6.18. The number of methoxy groups -OCH3 is 1. The van der Waals surface area contributed by atoms with E-state index in [1.54, 1.807) is 37.3 Å². The molecule has 1 rings (SSSR count). The smallest absolute Gasteiger partial charge is 0.316 e. The van der Waals surface area contributed by atoms with E-state index in [4.69, 9.17) is 10.6 Å². The summed E-state index contributed by atoms with van der Waals surface area (Å²) < 4.78 is 5.05. The average Bonchev–Trinajstić information content (AvgIpc) is 2.36.